The van der Waals surface area contributed by atoms with Crippen LogP contribution in [0.25, 0.3) is 0 Å². The second kappa shape index (κ2) is 5.25. The molecule has 3 rings (SSSR count). The molecule has 0 unspecified atom stereocenters. The van der Waals surface area contributed by atoms with Crippen LogP contribution in [0.15, 0.2) is 56.7 Å². The Morgan fingerprint density at radius 2 is 2.10 bits per heavy atom. The van der Waals surface area contributed by atoms with Gasteiger partial charge in [0.25, 0.3) is 0 Å². The summed E-state index contributed by atoms with van der Waals surface area (Å²) in [6, 6.07) is 11.6. The zero-order chi connectivity index (χ0) is 14.1. The van der Waals surface area contributed by atoms with E-state index in [0.29, 0.717) is 6.42 Å². The number of rotatable bonds is 2. The molecule has 1 amide bonds. The average molecular weight is 333 g/mol. The summed E-state index contributed by atoms with van der Waals surface area (Å²) in [5.74, 6) is 0.648. The summed E-state index contributed by atoms with van der Waals surface area (Å²) >= 11 is 3.42. The minimum Gasteiger partial charge on any atom is -0.463 e. The summed E-state index contributed by atoms with van der Waals surface area (Å²) in [5, 5.41) is 5.93. The summed E-state index contributed by atoms with van der Waals surface area (Å²) in [5.41, 5.74) is 1.87. The number of amides is 1. The van der Waals surface area contributed by atoms with Crippen molar-refractivity contribution in [2.45, 2.75) is 19.4 Å². The molecule has 0 spiro atoms. The summed E-state index contributed by atoms with van der Waals surface area (Å²) in [7, 11) is 0. The summed E-state index contributed by atoms with van der Waals surface area (Å²) in [6.45, 7) is 1.53. The molecular weight excluding hydrogens is 320 g/mol. The van der Waals surface area contributed by atoms with E-state index in [0.717, 1.165) is 21.5 Å². The maximum Gasteiger partial charge on any atom is 0.240 e. The third-order valence-corrected chi connectivity index (χ3v) is 3.82. The topological polar surface area (TPSA) is 45.8 Å². The van der Waals surface area contributed by atoms with E-state index in [2.05, 4.69) is 21.0 Å². The van der Waals surface area contributed by atoms with Gasteiger partial charge in [-0.15, -0.1) is 0 Å². The van der Waals surface area contributed by atoms with Crippen LogP contribution in [0.4, 0.5) is 0 Å². The molecule has 0 aliphatic carbocycles. The Labute approximate surface area is 125 Å². The van der Waals surface area contributed by atoms with Crippen molar-refractivity contribution in [3.8, 4) is 0 Å². The van der Waals surface area contributed by atoms with Gasteiger partial charge in [0.05, 0.1) is 12.3 Å². The quantitative estimate of drug-likeness (QED) is 0.840. The molecule has 0 bridgehead atoms. The molecule has 0 saturated heterocycles. The first-order valence-electron chi connectivity index (χ1n) is 6.32. The van der Waals surface area contributed by atoms with Crippen LogP contribution in [0.5, 0.6) is 0 Å². The van der Waals surface area contributed by atoms with Gasteiger partial charge in [0.1, 0.15) is 11.5 Å². The van der Waals surface area contributed by atoms with Gasteiger partial charge in [-0.25, -0.2) is 5.01 Å². The lowest BCUT2D eigenvalue weighted by molar-refractivity contribution is -0.130. The van der Waals surface area contributed by atoms with Crippen molar-refractivity contribution in [1.82, 2.24) is 5.01 Å². The molecule has 0 radical (unpaired) electrons. The number of benzene rings is 1. The third kappa shape index (κ3) is 2.41. The molecule has 1 atom stereocenters. The van der Waals surface area contributed by atoms with Crippen LogP contribution in [0, 0.1) is 0 Å². The number of halogens is 1. The smallest absolute Gasteiger partial charge is 0.240 e. The zero-order valence-electron chi connectivity index (χ0n) is 10.9. The predicted octanol–water partition coefficient (Wildman–Crippen LogP) is 3.74. The van der Waals surface area contributed by atoms with E-state index in [9.17, 15) is 4.79 Å². The molecule has 2 aromatic rings. The molecule has 0 N–H and O–H groups in total. The van der Waals surface area contributed by atoms with Gasteiger partial charge < -0.3 is 4.42 Å². The number of nitrogens with zero attached hydrogens (tertiary/aromatic N) is 2. The van der Waals surface area contributed by atoms with Crippen molar-refractivity contribution < 1.29 is 9.21 Å². The third-order valence-electron chi connectivity index (χ3n) is 3.29. The lowest BCUT2D eigenvalue weighted by Gasteiger charge is -2.20. The number of hydrazone groups is 1. The largest absolute Gasteiger partial charge is 0.463 e. The molecule has 0 fully saturated rings. The van der Waals surface area contributed by atoms with Gasteiger partial charge in [-0.05, 0) is 29.8 Å². The molecule has 1 aromatic carbocycles. The highest BCUT2D eigenvalue weighted by Gasteiger charge is 2.32. The number of carbonyl (C=O) groups is 1. The molecule has 102 valence electrons. The Morgan fingerprint density at radius 1 is 1.35 bits per heavy atom. The second-order valence-electron chi connectivity index (χ2n) is 4.66. The van der Waals surface area contributed by atoms with Crippen LogP contribution in [-0.2, 0) is 4.79 Å². The second-order valence-corrected chi connectivity index (χ2v) is 5.57. The standard InChI is InChI=1S/C15H13BrN2O2/c1-10(19)18-14(11-4-6-12(16)7-5-11)9-13(17-18)15-3-2-8-20-15/h2-8,14H,9H2,1H3/t14-/m0/s1. The normalized spacial score (nSPS) is 18.2. The first-order chi connectivity index (χ1) is 9.65. The molecule has 1 aliphatic heterocycles. The fourth-order valence-electron chi connectivity index (χ4n) is 2.34. The van der Waals surface area contributed by atoms with Gasteiger partial charge in [0, 0.05) is 17.8 Å². The Balaban J connectivity index is 1.93. The maximum absolute atomic E-state index is 11.8. The summed E-state index contributed by atoms with van der Waals surface area (Å²) in [4.78, 5) is 11.8. The number of hydrogen-bond donors (Lipinski definition) is 0. The Kier molecular flexibility index (Phi) is 3.44. The molecule has 5 heteroatoms. The first-order valence-corrected chi connectivity index (χ1v) is 7.11. The molecule has 0 saturated carbocycles. The van der Waals surface area contributed by atoms with E-state index in [1.54, 1.807) is 6.26 Å². The monoisotopic (exact) mass is 332 g/mol. The highest BCUT2D eigenvalue weighted by Crippen LogP contribution is 2.33. The minimum atomic E-state index is -0.0699. The predicted molar refractivity (Wildman–Crippen MR) is 79.3 cm³/mol. The first kappa shape index (κ1) is 13.1. The van der Waals surface area contributed by atoms with Crippen LogP contribution in [-0.4, -0.2) is 16.6 Å². The van der Waals surface area contributed by atoms with E-state index in [-0.39, 0.29) is 11.9 Å². The average Bonchev–Trinajstić information content (AvgIpc) is 3.08. The number of furan rings is 1. The van der Waals surface area contributed by atoms with Crippen molar-refractivity contribution in [3.63, 3.8) is 0 Å². The van der Waals surface area contributed by atoms with E-state index in [1.165, 1.54) is 11.9 Å². The lowest BCUT2D eigenvalue weighted by atomic mass is 10.0. The van der Waals surface area contributed by atoms with Crippen molar-refractivity contribution in [2.75, 3.05) is 0 Å². The highest BCUT2D eigenvalue weighted by molar-refractivity contribution is 9.10. The van der Waals surface area contributed by atoms with Crippen LogP contribution in [0.2, 0.25) is 0 Å². The number of hydrogen-bond acceptors (Lipinski definition) is 3. The zero-order valence-corrected chi connectivity index (χ0v) is 12.5. The van der Waals surface area contributed by atoms with Gasteiger partial charge in [0.15, 0.2) is 0 Å². The molecule has 2 heterocycles. The van der Waals surface area contributed by atoms with Gasteiger partial charge >= 0.3 is 0 Å². The highest BCUT2D eigenvalue weighted by atomic mass is 79.9. The van der Waals surface area contributed by atoms with Crippen LogP contribution < -0.4 is 0 Å². The summed E-state index contributed by atoms with van der Waals surface area (Å²) in [6.07, 6.45) is 2.28. The van der Waals surface area contributed by atoms with Crippen molar-refractivity contribution in [1.29, 1.82) is 0 Å². The van der Waals surface area contributed by atoms with Gasteiger partial charge in [0.2, 0.25) is 5.91 Å². The lowest BCUT2D eigenvalue weighted by Crippen LogP contribution is -2.24. The van der Waals surface area contributed by atoms with Crippen LogP contribution in [0.3, 0.4) is 0 Å². The van der Waals surface area contributed by atoms with Crippen molar-refractivity contribution in [2.24, 2.45) is 5.10 Å². The minimum absolute atomic E-state index is 0.0688. The Hall–Kier alpha value is -1.88. The molecule has 20 heavy (non-hydrogen) atoms. The fourth-order valence-corrected chi connectivity index (χ4v) is 2.60. The Morgan fingerprint density at radius 3 is 2.70 bits per heavy atom. The van der Waals surface area contributed by atoms with E-state index < -0.39 is 0 Å². The fraction of sp³-hybridized carbons (Fsp3) is 0.200. The number of carbonyl (C=O) groups excluding carboxylic acids is 1. The van der Waals surface area contributed by atoms with E-state index in [1.807, 2.05) is 36.4 Å². The van der Waals surface area contributed by atoms with Crippen molar-refractivity contribution >= 4 is 27.5 Å². The van der Waals surface area contributed by atoms with Gasteiger partial charge in [-0.1, -0.05) is 28.1 Å². The molecule has 4 nitrogen and oxygen atoms in total. The van der Waals surface area contributed by atoms with Crippen LogP contribution in [0.1, 0.15) is 30.7 Å². The maximum atomic E-state index is 11.8. The van der Waals surface area contributed by atoms with E-state index >= 15 is 0 Å². The summed E-state index contributed by atoms with van der Waals surface area (Å²) < 4.78 is 6.39. The molecule has 1 aromatic heterocycles. The van der Waals surface area contributed by atoms with Gasteiger partial charge in [-0.3, -0.25) is 4.79 Å². The van der Waals surface area contributed by atoms with Crippen LogP contribution >= 0.6 is 15.9 Å². The molecular formula is C15H13BrN2O2. The van der Waals surface area contributed by atoms with E-state index in [4.69, 9.17) is 4.42 Å². The van der Waals surface area contributed by atoms with Crippen molar-refractivity contribution in [3.05, 3.63) is 58.5 Å². The SMILES string of the molecule is CC(=O)N1N=C(c2ccco2)C[C@H]1c1ccc(Br)cc1. The Bertz CT molecular complexity index is 647. The van der Waals surface area contributed by atoms with Gasteiger partial charge in [-0.2, -0.15) is 5.10 Å². The molecule has 1 aliphatic rings.